The second kappa shape index (κ2) is 9.09. The van der Waals surface area contributed by atoms with Gasteiger partial charge >= 0.3 is 0 Å². The number of sulfonamides is 1. The Morgan fingerprint density at radius 1 is 1.00 bits per heavy atom. The lowest BCUT2D eigenvalue weighted by Crippen LogP contribution is -2.30. The molecule has 1 N–H and O–H groups in total. The van der Waals surface area contributed by atoms with Gasteiger partial charge in [-0.15, -0.1) is 10.2 Å². The fourth-order valence-electron chi connectivity index (χ4n) is 2.61. The summed E-state index contributed by atoms with van der Waals surface area (Å²) in [5.74, 6) is 0.806. The number of aromatic nitrogens is 2. The third-order valence-electron chi connectivity index (χ3n) is 4.14. The first-order valence-corrected chi connectivity index (χ1v) is 11.1. The van der Waals surface area contributed by atoms with Crippen LogP contribution >= 0.6 is 11.3 Å². The number of nitrogens with one attached hydrogen (secondary N) is 1. The molecule has 30 heavy (non-hydrogen) atoms. The number of carbonyl (C=O) groups is 1. The number of amides is 1. The highest BCUT2D eigenvalue weighted by Crippen LogP contribution is 2.28. The molecule has 1 amide bonds. The van der Waals surface area contributed by atoms with Gasteiger partial charge in [0.1, 0.15) is 11.5 Å². The first-order chi connectivity index (χ1) is 14.4. The number of hydrogen-bond donors (Lipinski definition) is 1. The normalized spacial score (nSPS) is 11.0. The molecule has 0 atom stereocenters. The molecule has 9 nitrogen and oxygen atoms in total. The summed E-state index contributed by atoms with van der Waals surface area (Å²) in [6.45, 7) is 1.91. The van der Waals surface area contributed by atoms with E-state index in [1.54, 1.807) is 55.5 Å². The number of ether oxygens (including phenoxy) is 2. The summed E-state index contributed by atoms with van der Waals surface area (Å²) in [6.07, 6.45) is 0. The predicted octanol–water partition coefficient (Wildman–Crippen LogP) is 3.02. The van der Waals surface area contributed by atoms with Crippen LogP contribution in [0.25, 0.3) is 0 Å². The molecule has 0 aliphatic rings. The second-order valence-electron chi connectivity index (χ2n) is 5.92. The number of nitrogens with zero attached hydrogens (tertiary/aromatic N) is 3. The van der Waals surface area contributed by atoms with Gasteiger partial charge in [-0.05, 0) is 55.5 Å². The zero-order chi connectivity index (χ0) is 21.7. The van der Waals surface area contributed by atoms with E-state index in [9.17, 15) is 13.2 Å². The fraction of sp³-hybridized carbons (Fsp3) is 0.211. The Morgan fingerprint density at radius 2 is 1.57 bits per heavy atom. The van der Waals surface area contributed by atoms with E-state index in [2.05, 4.69) is 15.5 Å². The predicted molar refractivity (Wildman–Crippen MR) is 114 cm³/mol. The first kappa shape index (κ1) is 21.5. The average molecular weight is 449 g/mol. The molecule has 3 rings (SSSR count). The monoisotopic (exact) mass is 448 g/mol. The SMILES string of the molecule is CCN(c1ccc(OC)cc1)S(=O)(=O)c1nnc(NC(=O)c2ccc(OC)cc2)s1. The summed E-state index contributed by atoms with van der Waals surface area (Å²) in [5, 5.41) is 10.2. The van der Waals surface area contributed by atoms with Crippen LogP contribution in [0.4, 0.5) is 10.8 Å². The van der Waals surface area contributed by atoms with Gasteiger partial charge in [0.25, 0.3) is 20.3 Å². The van der Waals surface area contributed by atoms with E-state index in [0.717, 1.165) is 11.3 Å². The van der Waals surface area contributed by atoms with Crippen LogP contribution in [-0.2, 0) is 10.0 Å². The van der Waals surface area contributed by atoms with E-state index in [0.29, 0.717) is 22.7 Å². The minimum atomic E-state index is -3.94. The van der Waals surface area contributed by atoms with Crippen molar-refractivity contribution in [3.63, 3.8) is 0 Å². The van der Waals surface area contributed by atoms with Crippen molar-refractivity contribution in [2.45, 2.75) is 11.3 Å². The Hall–Kier alpha value is -3.18. The standard InChI is InChI=1S/C19H20N4O5S2/c1-4-23(14-7-11-16(28-3)12-8-14)30(25,26)19-22-21-18(29-19)20-17(24)13-5-9-15(27-2)10-6-13/h5-12H,4H2,1-3H3,(H,20,21,24). The number of anilines is 2. The summed E-state index contributed by atoms with van der Waals surface area (Å²) < 4.78 is 37.2. The molecule has 0 aliphatic heterocycles. The van der Waals surface area contributed by atoms with Gasteiger partial charge in [-0.25, -0.2) is 0 Å². The van der Waals surface area contributed by atoms with Crippen molar-refractivity contribution < 1.29 is 22.7 Å². The van der Waals surface area contributed by atoms with Gasteiger partial charge in [-0.1, -0.05) is 11.3 Å². The van der Waals surface area contributed by atoms with E-state index >= 15 is 0 Å². The number of methoxy groups -OCH3 is 2. The lowest BCUT2D eigenvalue weighted by molar-refractivity contribution is 0.102. The van der Waals surface area contributed by atoms with Crippen LogP contribution in [0.3, 0.4) is 0 Å². The average Bonchev–Trinajstić information content (AvgIpc) is 3.24. The smallest absolute Gasteiger partial charge is 0.293 e. The van der Waals surface area contributed by atoms with Crippen LogP contribution < -0.4 is 19.1 Å². The van der Waals surface area contributed by atoms with Crippen molar-refractivity contribution >= 4 is 38.1 Å². The molecule has 0 aliphatic carbocycles. The molecule has 0 bridgehead atoms. The van der Waals surface area contributed by atoms with Gasteiger partial charge in [0.05, 0.1) is 19.9 Å². The highest BCUT2D eigenvalue weighted by Gasteiger charge is 2.28. The lowest BCUT2D eigenvalue weighted by atomic mass is 10.2. The van der Waals surface area contributed by atoms with Crippen LogP contribution in [-0.4, -0.2) is 45.3 Å². The zero-order valence-corrected chi connectivity index (χ0v) is 18.2. The van der Waals surface area contributed by atoms with Crippen molar-refractivity contribution in [2.75, 3.05) is 30.4 Å². The van der Waals surface area contributed by atoms with Gasteiger partial charge in [0, 0.05) is 12.1 Å². The van der Waals surface area contributed by atoms with Crippen molar-refractivity contribution in [3.8, 4) is 11.5 Å². The molecule has 2 aromatic carbocycles. The Bertz CT molecular complexity index is 1110. The van der Waals surface area contributed by atoms with E-state index in [1.165, 1.54) is 18.5 Å². The Balaban J connectivity index is 1.79. The highest BCUT2D eigenvalue weighted by molar-refractivity contribution is 7.94. The lowest BCUT2D eigenvalue weighted by Gasteiger charge is -2.21. The second-order valence-corrected chi connectivity index (χ2v) is 8.94. The van der Waals surface area contributed by atoms with Crippen LogP contribution in [0.15, 0.2) is 52.9 Å². The zero-order valence-electron chi connectivity index (χ0n) is 16.5. The highest BCUT2D eigenvalue weighted by atomic mass is 32.2. The molecule has 0 unspecified atom stereocenters. The van der Waals surface area contributed by atoms with Crippen molar-refractivity contribution in [1.29, 1.82) is 0 Å². The molecular weight excluding hydrogens is 428 g/mol. The fourth-order valence-corrected chi connectivity index (χ4v) is 5.08. The molecule has 158 valence electrons. The van der Waals surface area contributed by atoms with Crippen molar-refractivity contribution in [3.05, 3.63) is 54.1 Å². The number of benzene rings is 2. The van der Waals surface area contributed by atoms with Crippen LogP contribution in [0.2, 0.25) is 0 Å². The molecule has 1 aromatic heterocycles. The molecular formula is C19H20N4O5S2. The largest absolute Gasteiger partial charge is 0.497 e. The summed E-state index contributed by atoms with van der Waals surface area (Å²) in [7, 11) is -0.877. The van der Waals surface area contributed by atoms with Crippen LogP contribution in [0, 0.1) is 0 Å². The molecule has 0 spiro atoms. The topological polar surface area (TPSA) is 111 Å². The molecule has 0 fully saturated rings. The van der Waals surface area contributed by atoms with Crippen LogP contribution in [0.5, 0.6) is 11.5 Å². The van der Waals surface area contributed by atoms with E-state index in [4.69, 9.17) is 9.47 Å². The number of hydrogen-bond acceptors (Lipinski definition) is 8. The van der Waals surface area contributed by atoms with E-state index in [1.807, 2.05) is 0 Å². The van der Waals surface area contributed by atoms with Gasteiger partial charge in [0.15, 0.2) is 0 Å². The molecule has 3 aromatic rings. The summed E-state index contributed by atoms with van der Waals surface area (Å²) >= 11 is 0.783. The summed E-state index contributed by atoms with van der Waals surface area (Å²) in [6, 6.07) is 13.1. The maximum atomic E-state index is 13.0. The van der Waals surface area contributed by atoms with Gasteiger partial charge in [0.2, 0.25) is 5.13 Å². The quantitative estimate of drug-likeness (QED) is 0.527. The van der Waals surface area contributed by atoms with Gasteiger partial charge in [-0.2, -0.15) is 8.42 Å². The Morgan fingerprint density at radius 3 is 2.10 bits per heavy atom. The third kappa shape index (κ3) is 4.52. The Labute approximate surface area is 178 Å². The minimum Gasteiger partial charge on any atom is -0.497 e. The summed E-state index contributed by atoms with van der Waals surface area (Å²) in [4.78, 5) is 12.4. The van der Waals surface area contributed by atoms with Gasteiger partial charge < -0.3 is 9.47 Å². The van der Waals surface area contributed by atoms with Crippen molar-refractivity contribution in [2.24, 2.45) is 0 Å². The number of rotatable bonds is 8. The Kier molecular flexibility index (Phi) is 6.53. The van der Waals surface area contributed by atoms with E-state index < -0.39 is 15.9 Å². The molecule has 0 saturated heterocycles. The molecule has 0 saturated carbocycles. The van der Waals surface area contributed by atoms with Gasteiger partial charge in [-0.3, -0.25) is 14.4 Å². The molecule has 11 heteroatoms. The first-order valence-electron chi connectivity index (χ1n) is 8.84. The number of carbonyl (C=O) groups excluding carboxylic acids is 1. The van der Waals surface area contributed by atoms with E-state index in [-0.39, 0.29) is 16.0 Å². The maximum absolute atomic E-state index is 13.0. The third-order valence-corrected chi connectivity index (χ3v) is 7.23. The summed E-state index contributed by atoms with van der Waals surface area (Å²) in [5.41, 5.74) is 0.848. The van der Waals surface area contributed by atoms with Crippen LogP contribution in [0.1, 0.15) is 17.3 Å². The maximum Gasteiger partial charge on any atom is 0.293 e. The molecule has 0 radical (unpaired) electrons. The van der Waals surface area contributed by atoms with Crippen molar-refractivity contribution in [1.82, 2.24) is 10.2 Å². The minimum absolute atomic E-state index is 0.0835. The molecule has 1 heterocycles.